The number of aromatic nitrogens is 6. The van der Waals surface area contributed by atoms with Gasteiger partial charge in [-0.3, -0.25) is 4.57 Å². The summed E-state index contributed by atoms with van der Waals surface area (Å²) in [5.74, 6) is 2.91. The Morgan fingerprint density at radius 2 is 1.82 bits per heavy atom. The van der Waals surface area contributed by atoms with Crippen LogP contribution in [-0.4, -0.2) is 93.5 Å². The molecule has 0 radical (unpaired) electrons. The zero-order chi connectivity index (χ0) is 24.2. The van der Waals surface area contributed by atoms with Crippen LogP contribution < -0.4 is 15.5 Å². The minimum atomic E-state index is 0.221. The molecule has 0 bridgehead atoms. The third kappa shape index (κ3) is 5.18. The number of likely N-dealkylation sites (N-methyl/N-ethyl adjacent to an activating group) is 1. The van der Waals surface area contributed by atoms with Gasteiger partial charge >= 0.3 is 0 Å². The van der Waals surface area contributed by atoms with Crippen molar-refractivity contribution in [2.45, 2.75) is 20.4 Å². The smallest absolute Gasteiger partial charge is 0.219 e. The van der Waals surface area contributed by atoms with Crippen molar-refractivity contribution in [1.29, 1.82) is 0 Å². The second-order valence-electron chi connectivity index (χ2n) is 8.80. The Bertz CT molecular complexity index is 1100. The number of nitrogens with zero attached hydrogens (tertiary/aromatic N) is 9. The second kappa shape index (κ2) is 10.7. The zero-order valence-corrected chi connectivity index (χ0v) is 21.4. The van der Waals surface area contributed by atoms with E-state index in [0.717, 1.165) is 55.7 Å². The van der Waals surface area contributed by atoms with E-state index in [2.05, 4.69) is 48.7 Å². The maximum Gasteiger partial charge on any atom is 0.219 e. The molecule has 0 saturated carbocycles. The Morgan fingerprint density at radius 3 is 2.44 bits per heavy atom. The van der Waals surface area contributed by atoms with Gasteiger partial charge < -0.3 is 20.3 Å². The van der Waals surface area contributed by atoms with Crippen LogP contribution in [0.1, 0.15) is 13.8 Å². The number of hydrogen-bond acceptors (Lipinski definition) is 11. The summed E-state index contributed by atoms with van der Waals surface area (Å²) in [5, 5.41) is 0. The molecule has 4 heterocycles. The van der Waals surface area contributed by atoms with Gasteiger partial charge in [0.15, 0.2) is 22.8 Å². The lowest BCUT2D eigenvalue weighted by Crippen LogP contribution is -2.44. The van der Waals surface area contributed by atoms with E-state index in [9.17, 15) is 0 Å². The minimum Gasteiger partial charge on any atom is -0.383 e. The van der Waals surface area contributed by atoms with Crippen molar-refractivity contribution in [3.8, 4) is 11.4 Å². The molecule has 1 aliphatic rings. The first kappa shape index (κ1) is 24.4. The van der Waals surface area contributed by atoms with Crippen molar-refractivity contribution in [2.24, 2.45) is 5.92 Å². The van der Waals surface area contributed by atoms with Crippen LogP contribution in [0.3, 0.4) is 0 Å². The van der Waals surface area contributed by atoms with E-state index >= 15 is 0 Å². The number of rotatable bonds is 9. The normalized spacial score (nSPS) is 14.9. The van der Waals surface area contributed by atoms with E-state index in [4.69, 9.17) is 25.4 Å². The summed E-state index contributed by atoms with van der Waals surface area (Å²) in [6, 6.07) is 0. The van der Waals surface area contributed by atoms with Crippen molar-refractivity contribution in [2.75, 3.05) is 75.3 Å². The summed E-state index contributed by atoms with van der Waals surface area (Å²) in [7, 11) is 3.70. The fourth-order valence-electron chi connectivity index (χ4n) is 4.00. The third-order valence-electron chi connectivity index (χ3n) is 5.81. The van der Waals surface area contributed by atoms with E-state index < -0.39 is 0 Å². The zero-order valence-electron chi connectivity index (χ0n) is 20.6. The van der Waals surface area contributed by atoms with Gasteiger partial charge in [0.2, 0.25) is 11.9 Å². The quantitative estimate of drug-likeness (QED) is 0.448. The number of fused-ring (bicyclic) bond motifs is 1. The van der Waals surface area contributed by atoms with Gasteiger partial charge in [-0.05, 0) is 12.2 Å². The Hall–Kier alpha value is -2.70. The Balaban J connectivity index is 1.87. The molecular formula is C22H34N10OS. The van der Waals surface area contributed by atoms with Gasteiger partial charge in [-0.25, -0.2) is 29.2 Å². The molecule has 0 spiro atoms. The molecule has 0 aromatic carbocycles. The number of nitrogen functional groups attached to an aromatic ring is 1. The molecule has 0 amide bonds. The summed E-state index contributed by atoms with van der Waals surface area (Å²) < 4.78 is 9.94. The van der Waals surface area contributed by atoms with Gasteiger partial charge in [-0.15, -0.1) is 0 Å². The van der Waals surface area contributed by atoms with Crippen LogP contribution in [0.25, 0.3) is 22.6 Å². The number of anilines is 3. The first-order chi connectivity index (χ1) is 16.4. The van der Waals surface area contributed by atoms with Gasteiger partial charge in [0.25, 0.3) is 0 Å². The molecule has 0 atom stereocenters. The van der Waals surface area contributed by atoms with Crippen LogP contribution in [0, 0.1) is 5.92 Å². The predicted molar refractivity (Wildman–Crippen MR) is 138 cm³/mol. The fraction of sp³-hybridized carbons (Fsp3) is 0.591. The van der Waals surface area contributed by atoms with Crippen molar-refractivity contribution in [3.63, 3.8) is 0 Å². The molecule has 34 heavy (non-hydrogen) atoms. The fourth-order valence-corrected chi connectivity index (χ4v) is 4.53. The molecule has 11 nitrogen and oxygen atoms in total. The van der Waals surface area contributed by atoms with Crippen molar-refractivity contribution in [1.82, 2.24) is 33.8 Å². The Labute approximate surface area is 204 Å². The van der Waals surface area contributed by atoms with E-state index in [1.54, 1.807) is 31.5 Å². The van der Waals surface area contributed by atoms with Gasteiger partial charge in [-0.2, -0.15) is 0 Å². The molecule has 1 aliphatic heterocycles. The number of piperazine rings is 1. The highest BCUT2D eigenvalue weighted by atomic mass is 32.2. The summed E-state index contributed by atoms with van der Waals surface area (Å²) in [6.07, 6.45) is 5.45. The maximum absolute atomic E-state index is 5.70. The first-order valence-electron chi connectivity index (χ1n) is 11.5. The Kier molecular flexibility index (Phi) is 7.69. The van der Waals surface area contributed by atoms with Crippen LogP contribution in [-0.2, 0) is 11.3 Å². The lowest BCUT2D eigenvalue weighted by molar-refractivity contribution is 0.206. The number of imidazole rings is 1. The highest BCUT2D eigenvalue weighted by molar-refractivity contribution is 7.96. The van der Waals surface area contributed by atoms with E-state index in [-0.39, 0.29) is 5.95 Å². The van der Waals surface area contributed by atoms with E-state index in [1.807, 2.05) is 7.05 Å². The van der Waals surface area contributed by atoms with Gasteiger partial charge in [0.05, 0.1) is 12.2 Å². The van der Waals surface area contributed by atoms with Crippen molar-refractivity contribution < 1.29 is 4.74 Å². The predicted octanol–water partition coefficient (Wildman–Crippen LogP) is 2.00. The molecule has 1 saturated heterocycles. The van der Waals surface area contributed by atoms with Crippen molar-refractivity contribution >= 4 is 40.8 Å². The summed E-state index contributed by atoms with van der Waals surface area (Å²) in [4.78, 5) is 27.7. The highest BCUT2D eigenvalue weighted by Gasteiger charge is 2.26. The molecule has 0 aliphatic carbocycles. The Morgan fingerprint density at radius 1 is 1.12 bits per heavy atom. The molecular weight excluding hydrogens is 452 g/mol. The largest absolute Gasteiger partial charge is 0.383 e. The third-order valence-corrected chi connectivity index (χ3v) is 6.69. The molecule has 4 rings (SSSR count). The summed E-state index contributed by atoms with van der Waals surface area (Å²) in [6.45, 7) is 10.3. The van der Waals surface area contributed by atoms with Crippen LogP contribution in [0.2, 0.25) is 0 Å². The van der Waals surface area contributed by atoms with E-state index in [0.29, 0.717) is 30.5 Å². The SMILES string of the molecule is COCCN(C)c1nc(-c2cnc(N)nc2)nc2c1nc(N1CCN(SC)CC1)n2CC(C)C. The monoisotopic (exact) mass is 486 g/mol. The summed E-state index contributed by atoms with van der Waals surface area (Å²) in [5.41, 5.74) is 8.03. The molecule has 184 valence electrons. The molecule has 12 heteroatoms. The highest BCUT2D eigenvalue weighted by Crippen LogP contribution is 2.31. The number of methoxy groups -OCH3 is 1. The standard InChI is InChI=1S/C22H34N10OS/c1-15(2)14-32-20-17(26-22(32)30-6-8-31(34-5)9-7-30)19(29(3)10-11-33-4)27-18(28-20)16-12-24-21(23)25-13-16/h12-13,15H,6-11,14H2,1-5H3,(H2,23,24,25). The molecule has 1 fully saturated rings. The topological polar surface area (TPSA) is 114 Å². The second-order valence-corrected chi connectivity index (χ2v) is 9.68. The van der Waals surface area contributed by atoms with Crippen molar-refractivity contribution in [3.05, 3.63) is 12.4 Å². The molecule has 2 N–H and O–H groups in total. The lowest BCUT2D eigenvalue weighted by Gasteiger charge is -2.34. The van der Waals surface area contributed by atoms with Crippen LogP contribution >= 0.6 is 11.9 Å². The van der Waals surface area contributed by atoms with Gasteiger partial charge in [0.1, 0.15) is 0 Å². The minimum absolute atomic E-state index is 0.221. The van der Waals surface area contributed by atoms with Gasteiger partial charge in [-0.1, -0.05) is 25.8 Å². The first-order valence-corrected chi connectivity index (χ1v) is 12.7. The average Bonchev–Trinajstić information content (AvgIpc) is 3.20. The van der Waals surface area contributed by atoms with Gasteiger partial charge in [0, 0.05) is 65.8 Å². The maximum atomic E-state index is 5.70. The molecule has 0 unspecified atom stereocenters. The number of hydrogen-bond donors (Lipinski definition) is 1. The average molecular weight is 487 g/mol. The lowest BCUT2D eigenvalue weighted by atomic mass is 10.2. The van der Waals surface area contributed by atoms with Crippen LogP contribution in [0.4, 0.5) is 17.7 Å². The number of nitrogens with two attached hydrogens (primary N) is 1. The summed E-state index contributed by atoms with van der Waals surface area (Å²) >= 11 is 1.80. The molecule has 3 aromatic rings. The number of ether oxygens (including phenoxy) is 1. The molecule has 3 aromatic heterocycles. The van der Waals surface area contributed by atoms with Crippen LogP contribution in [0.15, 0.2) is 12.4 Å². The van der Waals surface area contributed by atoms with Crippen LogP contribution in [0.5, 0.6) is 0 Å². The van der Waals surface area contributed by atoms with E-state index in [1.165, 1.54) is 0 Å².